The van der Waals surface area contributed by atoms with Crippen molar-refractivity contribution < 1.29 is 19.5 Å². The average Bonchev–Trinajstić information content (AvgIpc) is 2.77. The standard InChI is InChI=1S/C16H22N2O4/c1-9-12-10(5-4-6-11(12)19)18-13(9)14(20)17-8-7-16(2,3)15(21)22/h18H,4-8H2,1-3H3,(H,17,20)(H,21,22). The van der Waals surface area contributed by atoms with Gasteiger partial charge in [0.1, 0.15) is 5.69 Å². The third-order valence-electron chi connectivity index (χ3n) is 4.28. The van der Waals surface area contributed by atoms with Crippen LogP contribution in [0.2, 0.25) is 0 Å². The Morgan fingerprint density at radius 2 is 2.00 bits per heavy atom. The van der Waals surface area contributed by atoms with E-state index < -0.39 is 11.4 Å². The molecule has 0 unspecified atom stereocenters. The number of carboxylic acids is 1. The van der Waals surface area contributed by atoms with Crippen LogP contribution >= 0.6 is 0 Å². The predicted molar refractivity (Wildman–Crippen MR) is 81.2 cm³/mol. The van der Waals surface area contributed by atoms with Gasteiger partial charge in [-0.25, -0.2) is 0 Å². The van der Waals surface area contributed by atoms with Crippen molar-refractivity contribution in [2.75, 3.05) is 6.54 Å². The highest BCUT2D eigenvalue weighted by molar-refractivity contribution is 6.04. The van der Waals surface area contributed by atoms with Crippen LogP contribution in [0.3, 0.4) is 0 Å². The lowest BCUT2D eigenvalue weighted by atomic mass is 9.89. The zero-order chi connectivity index (χ0) is 16.5. The number of ketones is 1. The number of aromatic nitrogens is 1. The molecule has 0 saturated heterocycles. The highest BCUT2D eigenvalue weighted by Crippen LogP contribution is 2.26. The first kappa shape index (κ1) is 16.3. The molecule has 0 radical (unpaired) electrons. The number of carbonyl (C=O) groups is 3. The number of aryl methyl sites for hydroxylation is 1. The zero-order valence-corrected chi connectivity index (χ0v) is 13.2. The summed E-state index contributed by atoms with van der Waals surface area (Å²) < 4.78 is 0. The van der Waals surface area contributed by atoms with Gasteiger partial charge in [-0.3, -0.25) is 14.4 Å². The van der Waals surface area contributed by atoms with Crippen molar-refractivity contribution in [1.82, 2.24) is 10.3 Å². The van der Waals surface area contributed by atoms with E-state index in [1.54, 1.807) is 20.8 Å². The van der Waals surface area contributed by atoms with E-state index in [1.807, 2.05) is 0 Å². The molecule has 0 aromatic carbocycles. The summed E-state index contributed by atoms with van der Waals surface area (Å²) in [6.07, 6.45) is 2.45. The first-order valence-electron chi connectivity index (χ1n) is 7.50. The molecular formula is C16H22N2O4. The lowest BCUT2D eigenvalue weighted by Crippen LogP contribution is -2.32. The fourth-order valence-corrected chi connectivity index (χ4v) is 2.69. The maximum atomic E-state index is 12.2. The third kappa shape index (κ3) is 3.05. The van der Waals surface area contributed by atoms with Gasteiger partial charge in [-0.15, -0.1) is 0 Å². The molecule has 0 aliphatic heterocycles. The lowest BCUT2D eigenvalue weighted by molar-refractivity contribution is -0.147. The molecule has 0 fully saturated rings. The molecule has 22 heavy (non-hydrogen) atoms. The Hall–Kier alpha value is -2.11. The number of carboxylic acid groups (broad SMARTS) is 1. The molecule has 120 valence electrons. The van der Waals surface area contributed by atoms with Crippen molar-refractivity contribution in [3.8, 4) is 0 Å². The number of carbonyl (C=O) groups excluding carboxylic acids is 2. The van der Waals surface area contributed by atoms with Gasteiger partial charge in [0.2, 0.25) is 0 Å². The minimum absolute atomic E-state index is 0.0843. The molecule has 2 rings (SSSR count). The zero-order valence-electron chi connectivity index (χ0n) is 13.2. The van der Waals surface area contributed by atoms with Gasteiger partial charge in [0.15, 0.2) is 5.78 Å². The highest BCUT2D eigenvalue weighted by Gasteiger charge is 2.28. The SMILES string of the molecule is Cc1c(C(=O)NCCC(C)(C)C(=O)O)[nH]c2c1C(=O)CCC2. The summed E-state index contributed by atoms with van der Waals surface area (Å²) >= 11 is 0. The average molecular weight is 306 g/mol. The molecule has 1 aliphatic rings. The molecule has 0 spiro atoms. The highest BCUT2D eigenvalue weighted by atomic mass is 16.4. The van der Waals surface area contributed by atoms with Gasteiger partial charge in [-0.05, 0) is 45.6 Å². The monoisotopic (exact) mass is 306 g/mol. The molecule has 1 aliphatic carbocycles. The second kappa shape index (κ2) is 5.94. The van der Waals surface area contributed by atoms with Gasteiger partial charge in [-0.2, -0.15) is 0 Å². The van der Waals surface area contributed by atoms with Crippen LogP contribution in [0.5, 0.6) is 0 Å². The largest absolute Gasteiger partial charge is 0.481 e. The number of nitrogens with one attached hydrogen (secondary N) is 2. The maximum Gasteiger partial charge on any atom is 0.309 e. The Balaban J connectivity index is 2.05. The molecule has 1 heterocycles. The number of rotatable bonds is 5. The summed E-state index contributed by atoms with van der Waals surface area (Å²) in [4.78, 5) is 38.3. The van der Waals surface area contributed by atoms with Crippen LogP contribution in [0.4, 0.5) is 0 Å². The van der Waals surface area contributed by atoms with E-state index in [1.165, 1.54) is 0 Å². The van der Waals surface area contributed by atoms with Gasteiger partial charge in [0.05, 0.1) is 5.41 Å². The van der Waals surface area contributed by atoms with Crippen molar-refractivity contribution in [1.29, 1.82) is 0 Å². The number of H-pyrrole nitrogens is 1. The van der Waals surface area contributed by atoms with E-state index in [9.17, 15) is 14.4 Å². The van der Waals surface area contributed by atoms with Crippen LogP contribution in [-0.2, 0) is 11.2 Å². The van der Waals surface area contributed by atoms with Gasteiger partial charge < -0.3 is 15.4 Å². The van der Waals surface area contributed by atoms with Crippen molar-refractivity contribution >= 4 is 17.7 Å². The van der Waals surface area contributed by atoms with Crippen LogP contribution in [0.15, 0.2) is 0 Å². The van der Waals surface area contributed by atoms with Crippen molar-refractivity contribution in [3.63, 3.8) is 0 Å². The van der Waals surface area contributed by atoms with Crippen LogP contribution in [0, 0.1) is 12.3 Å². The maximum absolute atomic E-state index is 12.2. The van der Waals surface area contributed by atoms with E-state index in [4.69, 9.17) is 5.11 Å². The van der Waals surface area contributed by atoms with Crippen molar-refractivity contribution in [2.45, 2.75) is 46.5 Å². The van der Waals surface area contributed by atoms with Crippen LogP contribution < -0.4 is 5.32 Å². The summed E-state index contributed by atoms with van der Waals surface area (Å²) in [5, 5.41) is 11.8. The van der Waals surface area contributed by atoms with E-state index >= 15 is 0 Å². The second-order valence-electron chi connectivity index (χ2n) is 6.45. The Morgan fingerprint density at radius 1 is 1.32 bits per heavy atom. The smallest absolute Gasteiger partial charge is 0.309 e. The Morgan fingerprint density at radius 3 is 2.59 bits per heavy atom. The number of hydrogen-bond donors (Lipinski definition) is 3. The number of Topliss-reactive ketones (excluding diaryl/α,β-unsaturated/α-hetero) is 1. The molecule has 6 nitrogen and oxygen atoms in total. The van der Waals surface area contributed by atoms with Crippen LogP contribution in [0.1, 0.15) is 65.2 Å². The molecule has 0 bridgehead atoms. The molecule has 6 heteroatoms. The Kier molecular flexibility index (Phi) is 4.39. The molecule has 0 atom stereocenters. The van der Waals surface area contributed by atoms with E-state index in [0.717, 1.165) is 18.5 Å². The number of amides is 1. The Labute approximate surface area is 129 Å². The molecule has 3 N–H and O–H groups in total. The van der Waals surface area contributed by atoms with Gasteiger partial charge >= 0.3 is 5.97 Å². The van der Waals surface area contributed by atoms with E-state index in [0.29, 0.717) is 29.7 Å². The molecule has 1 amide bonds. The summed E-state index contributed by atoms with van der Waals surface area (Å²) in [6.45, 7) is 5.29. The summed E-state index contributed by atoms with van der Waals surface area (Å²) in [5.74, 6) is -1.10. The van der Waals surface area contributed by atoms with Gasteiger partial charge in [-0.1, -0.05) is 0 Å². The van der Waals surface area contributed by atoms with Crippen molar-refractivity contribution in [2.24, 2.45) is 5.41 Å². The second-order valence-corrected chi connectivity index (χ2v) is 6.45. The number of fused-ring (bicyclic) bond motifs is 1. The van der Waals surface area contributed by atoms with Gasteiger partial charge in [0, 0.05) is 24.2 Å². The van der Waals surface area contributed by atoms with Crippen molar-refractivity contribution in [3.05, 3.63) is 22.5 Å². The minimum atomic E-state index is -0.890. The summed E-state index contributed by atoms with van der Waals surface area (Å²) in [6, 6.07) is 0. The summed E-state index contributed by atoms with van der Waals surface area (Å²) in [7, 11) is 0. The van der Waals surface area contributed by atoms with E-state index in [-0.39, 0.29) is 18.2 Å². The number of aliphatic carboxylic acids is 1. The fourth-order valence-electron chi connectivity index (χ4n) is 2.69. The first-order chi connectivity index (χ1) is 10.2. The van der Waals surface area contributed by atoms with E-state index in [2.05, 4.69) is 10.3 Å². The molecule has 1 aromatic heterocycles. The lowest BCUT2D eigenvalue weighted by Gasteiger charge is -2.18. The molecule has 0 saturated carbocycles. The normalized spacial score (nSPS) is 14.6. The number of aromatic amines is 1. The quantitative estimate of drug-likeness (QED) is 0.775. The molecule has 1 aromatic rings. The summed E-state index contributed by atoms with van der Waals surface area (Å²) in [5.41, 5.74) is 1.71. The number of hydrogen-bond acceptors (Lipinski definition) is 3. The third-order valence-corrected chi connectivity index (χ3v) is 4.28. The Bertz CT molecular complexity index is 628. The topological polar surface area (TPSA) is 99.3 Å². The van der Waals surface area contributed by atoms with Gasteiger partial charge in [0.25, 0.3) is 5.91 Å². The minimum Gasteiger partial charge on any atom is -0.481 e. The first-order valence-corrected chi connectivity index (χ1v) is 7.50. The fraction of sp³-hybridized carbons (Fsp3) is 0.562. The molecular weight excluding hydrogens is 284 g/mol. The van der Waals surface area contributed by atoms with Crippen LogP contribution in [0.25, 0.3) is 0 Å². The van der Waals surface area contributed by atoms with Crippen LogP contribution in [-0.4, -0.2) is 34.3 Å². The predicted octanol–water partition coefficient (Wildman–Crippen LogP) is 2.07.